The lowest BCUT2D eigenvalue weighted by Gasteiger charge is -2.01. The first kappa shape index (κ1) is 8.74. The van der Waals surface area contributed by atoms with E-state index in [4.69, 9.17) is 9.84 Å². The number of carbonyl (C=O) groups is 1. The second kappa shape index (κ2) is 3.88. The summed E-state index contributed by atoms with van der Waals surface area (Å²) in [4.78, 5) is 10.8. The van der Waals surface area contributed by atoms with Crippen molar-refractivity contribution in [3.63, 3.8) is 0 Å². The first-order valence-corrected chi connectivity index (χ1v) is 3.58. The number of ether oxygens (including phenoxy) is 1. The van der Waals surface area contributed by atoms with Gasteiger partial charge in [-0.2, -0.15) is 0 Å². The van der Waals surface area contributed by atoms with E-state index in [-0.39, 0.29) is 12.6 Å². The molecule has 1 aromatic rings. The highest BCUT2D eigenvalue weighted by molar-refractivity contribution is 5.94. The van der Waals surface area contributed by atoms with Gasteiger partial charge in [-0.3, -0.25) is 4.79 Å². The average Bonchev–Trinajstić information content (AvgIpc) is 2.06. The van der Waals surface area contributed by atoms with Gasteiger partial charge >= 0.3 is 0 Å². The lowest BCUT2D eigenvalue weighted by Crippen LogP contribution is -1.96. The van der Waals surface area contributed by atoms with Crippen molar-refractivity contribution < 1.29 is 14.6 Å². The van der Waals surface area contributed by atoms with Crippen molar-refractivity contribution in [2.75, 3.05) is 6.79 Å². The number of hydrogen-bond donors (Lipinski definition) is 1. The van der Waals surface area contributed by atoms with E-state index >= 15 is 0 Å². The van der Waals surface area contributed by atoms with Gasteiger partial charge in [-0.15, -0.1) is 0 Å². The first-order valence-electron chi connectivity index (χ1n) is 3.58. The third-order valence-corrected chi connectivity index (χ3v) is 1.49. The Balaban J connectivity index is 2.78. The van der Waals surface area contributed by atoms with Gasteiger partial charge in [-0.25, -0.2) is 0 Å². The quantitative estimate of drug-likeness (QED) is 0.542. The number of ketones is 1. The molecule has 0 atom stereocenters. The van der Waals surface area contributed by atoms with Gasteiger partial charge in [0.15, 0.2) is 12.6 Å². The summed E-state index contributed by atoms with van der Waals surface area (Å²) in [6, 6.07) is 6.61. The summed E-state index contributed by atoms with van der Waals surface area (Å²) < 4.78 is 4.78. The zero-order valence-corrected chi connectivity index (χ0v) is 6.78. The van der Waals surface area contributed by atoms with Crippen LogP contribution in [0.2, 0.25) is 0 Å². The smallest absolute Gasteiger partial charge is 0.186 e. The predicted octanol–water partition coefficient (Wildman–Crippen LogP) is 1.22. The van der Waals surface area contributed by atoms with Crippen molar-refractivity contribution in [2.45, 2.75) is 6.92 Å². The van der Waals surface area contributed by atoms with Crippen molar-refractivity contribution >= 4 is 5.78 Å². The molecular formula is C9H10O3. The SMILES string of the molecule is CC(=O)c1ccc(OCO)cc1. The number of rotatable bonds is 3. The molecule has 12 heavy (non-hydrogen) atoms. The zero-order chi connectivity index (χ0) is 8.97. The Kier molecular flexibility index (Phi) is 2.82. The molecule has 0 spiro atoms. The van der Waals surface area contributed by atoms with Gasteiger partial charge in [0.05, 0.1) is 0 Å². The van der Waals surface area contributed by atoms with Crippen LogP contribution in [0, 0.1) is 0 Å². The maximum Gasteiger partial charge on any atom is 0.186 e. The molecule has 0 aliphatic carbocycles. The van der Waals surface area contributed by atoms with Crippen LogP contribution in [0.25, 0.3) is 0 Å². The van der Waals surface area contributed by atoms with Gasteiger partial charge in [0, 0.05) is 5.56 Å². The lowest BCUT2D eigenvalue weighted by molar-refractivity contribution is 0.0985. The Hall–Kier alpha value is -1.35. The number of Topliss-reactive ketones (excluding diaryl/α,β-unsaturated/α-hetero) is 1. The van der Waals surface area contributed by atoms with E-state index in [1.54, 1.807) is 24.3 Å². The Labute approximate surface area is 70.6 Å². The minimum atomic E-state index is -0.348. The van der Waals surface area contributed by atoms with Crippen LogP contribution in [0.4, 0.5) is 0 Å². The fraction of sp³-hybridized carbons (Fsp3) is 0.222. The highest BCUT2D eigenvalue weighted by Crippen LogP contribution is 2.11. The van der Waals surface area contributed by atoms with Crippen molar-refractivity contribution in [1.29, 1.82) is 0 Å². The van der Waals surface area contributed by atoms with Gasteiger partial charge in [0.1, 0.15) is 5.75 Å². The van der Waals surface area contributed by atoms with Crippen LogP contribution in [0.15, 0.2) is 24.3 Å². The van der Waals surface area contributed by atoms with Gasteiger partial charge in [0.25, 0.3) is 0 Å². The Morgan fingerprint density at radius 1 is 1.42 bits per heavy atom. The molecule has 3 nitrogen and oxygen atoms in total. The summed E-state index contributed by atoms with van der Waals surface area (Å²) in [5.74, 6) is 0.577. The minimum Gasteiger partial charge on any atom is -0.468 e. The molecule has 0 aliphatic heterocycles. The summed E-state index contributed by atoms with van der Waals surface area (Å²) in [7, 11) is 0. The highest BCUT2D eigenvalue weighted by Gasteiger charge is 1.98. The second-order valence-electron chi connectivity index (χ2n) is 2.35. The largest absolute Gasteiger partial charge is 0.468 e. The fourth-order valence-corrected chi connectivity index (χ4v) is 0.860. The molecule has 0 unspecified atom stereocenters. The summed E-state index contributed by atoms with van der Waals surface area (Å²) in [5, 5.41) is 8.41. The number of aliphatic hydroxyl groups is 1. The molecule has 0 bridgehead atoms. The molecule has 1 aromatic carbocycles. The third kappa shape index (κ3) is 2.07. The molecular weight excluding hydrogens is 156 g/mol. The minimum absolute atomic E-state index is 0.0190. The molecule has 0 heterocycles. The van der Waals surface area contributed by atoms with E-state index in [1.807, 2.05) is 0 Å². The first-order chi connectivity index (χ1) is 5.74. The Morgan fingerprint density at radius 3 is 2.42 bits per heavy atom. The van der Waals surface area contributed by atoms with E-state index < -0.39 is 0 Å². The number of benzene rings is 1. The van der Waals surface area contributed by atoms with Crippen molar-refractivity contribution in [1.82, 2.24) is 0 Å². The molecule has 0 radical (unpaired) electrons. The van der Waals surface area contributed by atoms with Gasteiger partial charge in [-0.1, -0.05) is 0 Å². The summed E-state index contributed by atoms with van der Waals surface area (Å²) in [6.45, 7) is 1.15. The number of carbonyl (C=O) groups excluding carboxylic acids is 1. The summed E-state index contributed by atoms with van der Waals surface area (Å²) in [5.41, 5.74) is 0.639. The molecule has 1 N–H and O–H groups in total. The Morgan fingerprint density at radius 2 is 2.00 bits per heavy atom. The van der Waals surface area contributed by atoms with E-state index in [2.05, 4.69) is 0 Å². The monoisotopic (exact) mass is 166 g/mol. The van der Waals surface area contributed by atoms with E-state index in [1.165, 1.54) is 6.92 Å². The van der Waals surface area contributed by atoms with E-state index in [0.717, 1.165) is 0 Å². The average molecular weight is 166 g/mol. The van der Waals surface area contributed by atoms with Crippen LogP contribution in [0.5, 0.6) is 5.75 Å². The second-order valence-corrected chi connectivity index (χ2v) is 2.35. The van der Waals surface area contributed by atoms with E-state index in [0.29, 0.717) is 11.3 Å². The lowest BCUT2D eigenvalue weighted by atomic mass is 10.1. The molecule has 0 amide bonds. The molecule has 0 aromatic heterocycles. The number of aliphatic hydroxyl groups excluding tert-OH is 1. The molecule has 1 rings (SSSR count). The maximum absolute atomic E-state index is 10.8. The van der Waals surface area contributed by atoms with Crippen LogP contribution in [0.1, 0.15) is 17.3 Å². The number of hydrogen-bond acceptors (Lipinski definition) is 3. The standard InChI is InChI=1S/C9H10O3/c1-7(11)8-2-4-9(5-3-8)12-6-10/h2-5,10H,6H2,1H3. The summed E-state index contributed by atoms with van der Waals surface area (Å²) in [6.07, 6.45) is 0. The van der Waals surface area contributed by atoms with Crippen LogP contribution < -0.4 is 4.74 Å². The van der Waals surface area contributed by atoms with Crippen LogP contribution in [-0.2, 0) is 0 Å². The highest BCUT2D eigenvalue weighted by atomic mass is 16.6. The molecule has 0 aliphatic rings. The fourth-order valence-electron chi connectivity index (χ4n) is 0.860. The molecule has 0 saturated carbocycles. The molecule has 0 saturated heterocycles. The topological polar surface area (TPSA) is 46.5 Å². The van der Waals surface area contributed by atoms with Gasteiger partial charge in [-0.05, 0) is 31.2 Å². The summed E-state index contributed by atoms with van der Waals surface area (Å²) >= 11 is 0. The normalized spacial score (nSPS) is 9.50. The molecule has 0 fully saturated rings. The van der Waals surface area contributed by atoms with Crippen molar-refractivity contribution in [2.24, 2.45) is 0 Å². The van der Waals surface area contributed by atoms with Crippen LogP contribution >= 0.6 is 0 Å². The zero-order valence-electron chi connectivity index (χ0n) is 6.78. The van der Waals surface area contributed by atoms with Crippen molar-refractivity contribution in [3.05, 3.63) is 29.8 Å². The van der Waals surface area contributed by atoms with Crippen LogP contribution in [0.3, 0.4) is 0 Å². The van der Waals surface area contributed by atoms with Crippen molar-refractivity contribution in [3.8, 4) is 5.75 Å². The molecule has 3 heteroatoms. The van der Waals surface area contributed by atoms with Crippen LogP contribution in [-0.4, -0.2) is 17.7 Å². The maximum atomic E-state index is 10.8. The third-order valence-electron chi connectivity index (χ3n) is 1.49. The molecule has 64 valence electrons. The Bertz CT molecular complexity index is 264. The predicted molar refractivity (Wildman–Crippen MR) is 44.2 cm³/mol. The van der Waals surface area contributed by atoms with Gasteiger partial charge < -0.3 is 9.84 Å². The van der Waals surface area contributed by atoms with Gasteiger partial charge in [0.2, 0.25) is 0 Å². The van der Waals surface area contributed by atoms with E-state index in [9.17, 15) is 4.79 Å².